The number of carbonyl (C=O) groups excluding carboxylic acids is 2. The number of hydrogen-bond acceptors (Lipinski definition) is 5. The van der Waals surface area contributed by atoms with Crippen LogP contribution in [0.2, 0.25) is 0 Å². The van der Waals surface area contributed by atoms with E-state index in [-0.39, 0.29) is 23.8 Å². The van der Waals surface area contributed by atoms with Gasteiger partial charge in [-0.3, -0.25) is 19.2 Å². The molecule has 0 atom stereocenters. The predicted octanol–water partition coefficient (Wildman–Crippen LogP) is -0.468. The van der Waals surface area contributed by atoms with Crippen molar-refractivity contribution in [2.24, 2.45) is 5.73 Å². The minimum absolute atomic E-state index is 0.0297. The molecule has 7 nitrogen and oxygen atoms in total. The SMILES string of the molecule is Cc1csc(=O)n1CCCC(=O)NOCC(N)=O. The summed E-state index contributed by atoms with van der Waals surface area (Å²) in [6, 6.07) is 0. The number of aryl methyl sites for hydroxylation is 1. The molecule has 0 aliphatic heterocycles. The maximum atomic E-state index is 11.4. The number of rotatable bonds is 7. The second-order valence-electron chi connectivity index (χ2n) is 3.68. The Hall–Kier alpha value is -1.67. The van der Waals surface area contributed by atoms with Crippen LogP contribution in [0.4, 0.5) is 0 Å². The predicted molar refractivity (Wildman–Crippen MR) is 65.8 cm³/mol. The number of nitrogens with two attached hydrogens (primary N) is 1. The molecule has 1 heterocycles. The highest BCUT2D eigenvalue weighted by Gasteiger charge is 2.05. The van der Waals surface area contributed by atoms with Gasteiger partial charge in [0.2, 0.25) is 11.8 Å². The van der Waals surface area contributed by atoms with E-state index in [1.807, 2.05) is 6.92 Å². The molecule has 0 saturated heterocycles. The van der Waals surface area contributed by atoms with Crippen LogP contribution in [0, 0.1) is 6.92 Å². The summed E-state index contributed by atoms with van der Waals surface area (Å²) >= 11 is 1.14. The Morgan fingerprint density at radius 3 is 2.83 bits per heavy atom. The third kappa shape index (κ3) is 4.68. The van der Waals surface area contributed by atoms with Crippen molar-refractivity contribution in [3.05, 3.63) is 20.7 Å². The standard InChI is InChI=1S/C10H15N3O4S/c1-7-6-18-10(16)13(7)4-2-3-9(15)12-17-5-8(11)14/h6H,2-5H2,1H3,(H2,11,14)(H,12,15). The fourth-order valence-electron chi connectivity index (χ4n) is 1.31. The summed E-state index contributed by atoms with van der Waals surface area (Å²) in [5.74, 6) is -1.01. The maximum Gasteiger partial charge on any atom is 0.307 e. The molecule has 0 aliphatic carbocycles. The van der Waals surface area contributed by atoms with Crippen molar-refractivity contribution in [1.29, 1.82) is 0 Å². The molecule has 0 saturated carbocycles. The van der Waals surface area contributed by atoms with Crippen molar-refractivity contribution in [1.82, 2.24) is 10.0 Å². The molecule has 0 aliphatic rings. The molecule has 1 aromatic heterocycles. The Morgan fingerprint density at radius 1 is 1.56 bits per heavy atom. The van der Waals surface area contributed by atoms with Crippen molar-refractivity contribution >= 4 is 23.2 Å². The molecule has 2 amide bonds. The number of hydroxylamine groups is 1. The van der Waals surface area contributed by atoms with Gasteiger partial charge in [-0.05, 0) is 13.3 Å². The minimum Gasteiger partial charge on any atom is -0.368 e. The van der Waals surface area contributed by atoms with Crippen LogP contribution in [0.25, 0.3) is 0 Å². The molecule has 1 aromatic rings. The normalized spacial score (nSPS) is 10.3. The summed E-state index contributed by atoms with van der Waals surface area (Å²) in [4.78, 5) is 37.5. The number of primary amides is 1. The van der Waals surface area contributed by atoms with Crippen molar-refractivity contribution in [2.45, 2.75) is 26.3 Å². The Labute approximate surface area is 107 Å². The second-order valence-corrected chi connectivity index (χ2v) is 4.50. The highest BCUT2D eigenvalue weighted by molar-refractivity contribution is 7.07. The summed E-state index contributed by atoms with van der Waals surface area (Å²) in [6.07, 6.45) is 0.726. The zero-order chi connectivity index (χ0) is 13.5. The first-order chi connectivity index (χ1) is 8.50. The Bertz CT molecular complexity index is 480. The van der Waals surface area contributed by atoms with Crippen LogP contribution < -0.4 is 16.1 Å². The van der Waals surface area contributed by atoms with Gasteiger partial charge in [0, 0.05) is 24.0 Å². The number of hydrogen-bond donors (Lipinski definition) is 2. The molecule has 3 N–H and O–H groups in total. The van der Waals surface area contributed by atoms with Crippen LogP contribution in [0.1, 0.15) is 18.5 Å². The van der Waals surface area contributed by atoms with Gasteiger partial charge in [0.15, 0.2) is 6.61 Å². The first-order valence-corrected chi connectivity index (χ1v) is 6.22. The third-order valence-electron chi connectivity index (χ3n) is 2.16. The minimum atomic E-state index is -0.657. The molecule has 0 bridgehead atoms. The van der Waals surface area contributed by atoms with E-state index in [1.54, 1.807) is 9.95 Å². The largest absolute Gasteiger partial charge is 0.368 e. The van der Waals surface area contributed by atoms with E-state index in [0.29, 0.717) is 13.0 Å². The van der Waals surface area contributed by atoms with Gasteiger partial charge >= 0.3 is 4.87 Å². The Balaban J connectivity index is 2.24. The van der Waals surface area contributed by atoms with Crippen molar-refractivity contribution in [2.75, 3.05) is 6.61 Å². The van der Waals surface area contributed by atoms with Gasteiger partial charge in [-0.2, -0.15) is 0 Å². The highest BCUT2D eigenvalue weighted by Crippen LogP contribution is 2.02. The van der Waals surface area contributed by atoms with Crippen LogP contribution in [0.15, 0.2) is 10.2 Å². The molecule has 0 aromatic carbocycles. The molecular weight excluding hydrogens is 258 g/mol. The second kappa shape index (κ2) is 6.92. The quantitative estimate of drug-likeness (QED) is 0.655. The van der Waals surface area contributed by atoms with Crippen LogP contribution >= 0.6 is 11.3 Å². The van der Waals surface area contributed by atoms with E-state index in [4.69, 9.17) is 5.73 Å². The number of carbonyl (C=O) groups is 2. The lowest BCUT2D eigenvalue weighted by Crippen LogP contribution is -2.29. The van der Waals surface area contributed by atoms with E-state index in [1.165, 1.54) is 0 Å². The average Bonchev–Trinajstić information content (AvgIpc) is 2.60. The lowest BCUT2D eigenvalue weighted by atomic mass is 10.3. The summed E-state index contributed by atoms with van der Waals surface area (Å²) in [7, 11) is 0. The summed E-state index contributed by atoms with van der Waals surface area (Å²) in [6.45, 7) is 1.97. The fourth-order valence-corrected chi connectivity index (χ4v) is 2.07. The van der Waals surface area contributed by atoms with E-state index >= 15 is 0 Å². The average molecular weight is 273 g/mol. The molecule has 0 unspecified atom stereocenters. The molecule has 18 heavy (non-hydrogen) atoms. The van der Waals surface area contributed by atoms with Gasteiger partial charge in [0.05, 0.1) is 0 Å². The van der Waals surface area contributed by atoms with E-state index in [9.17, 15) is 14.4 Å². The smallest absolute Gasteiger partial charge is 0.307 e. The Kier molecular flexibility index (Phi) is 5.53. The van der Waals surface area contributed by atoms with Crippen LogP contribution in [-0.2, 0) is 21.0 Å². The first kappa shape index (κ1) is 14.4. The maximum absolute atomic E-state index is 11.4. The van der Waals surface area contributed by atoms with Gasteiger partial charge < -0.3 is 10.3 Å². The van der Waals surface area contributed by atoms with Gasteiger partial charge in [0.1, 0.15) is 0 Å². The van der Waals surface area contributed by atoms with E-state index < -0.39 is 5.91 Å². The van der Waals surface area contributed by atoms with Crippen molar-refractivity contribution < 1.29 is 14.4 Å². The molecule has 8 heteroatoms. The number of nitrogens with zero attached hydrogens (tertiary/aromatic N) is 1. The molecule has 0 radical (unpaired) electrons. The van der Waals surface area contributed by atoms with E-state index in [0.717, 1.165) is 17.0 Å². The number of amides is 2. The molecule has 0 fully saturated rings. The third-order valence-corrected chi connectivity index (χ3v) is 3.04. The summed E-state index contributed by atoms with van der Waals surface area (Å²) in [5, 5.41) is 1.78. The topological polar surface area (TPSA) is 103 Å². The number of aromatic nitrogens is 1. The van der Waals surface area contributed by atoms with Crippen LogP contribution in [-0.4, -0.2) is 23.0 Å². The van der Waals surface area contributed by atoms with Gasteiger partial charge in [0.25, 0.3) is 0 Å². The van der Waals surface area contributed by atoms with Gasteiger partial charge in [-0.1, -0.05) is 11.3 Å². The molecule has 100 valence electrons. The summed E-state index contributed by atoms with van der Waals surface area (Å²) in [5.41, 5.74) is 7.81. The molecular formula is C10H15N3O4S. The number of nitrogens with one attached hydrogen (secondary N) is 1. The lowest BCUT2D eigenvalue weighted by molar-refractivity contribution is -0.138. The van der Waals surface area contributed by atoms with Gasteiger partial charge in [-0.15, -0.1) is 0 Å². The van der Waals surface area contributed by atoms with Gasteiger partial charge in [-0.25, -0.2) is 5.48 Å². The van der Waals surface area contributed by atoms with Crippen LogP contribution in [0.3, 0.4) is 0 Å². The van der Waals surface area contributed by atoms with Crippen molar-refractivity contribution in [3.63, 3.8) is 0 Å². The molecule has 1 rings (SSSR count). The lowest BCUT2D eigenvalue weighted by Gasteiger charge is -2.05. The zero-order valence-corrected chi connectivity index (χ0v) is 10.8. The van der Waals surface area contributed by atoms with Crippen molar-refractivity contribution in [3.8, 4) is 0 Å². The zero-order valence-electron chi connectivity index (χ0n) is 9.97. The van der Waals surface area contributed by atoms with E-state index in [2.05, 4.69) is 10.3 Å². The monoisotopic (exact) mass is 273 g/mol. The fraction of sp³-hybridized carbons (Fsp3) is 0.500. The number of thiazole rings is 1. The summed E-state index contributed by atoms with van der Waals surface area (Å²) < 4.78 is 1.61. The first-order valence-electron chi connectivity index (χ1n) is 5.34. The molecule has 0 spiro atoms. The highest BCUT2D eigenvalue weighted by atomic mass is 32.1. The Morgan fingerprint density at radius 2 is 2.28 bits per heavy atom. The van der Waals surface area contributed by atoms with Crippen LogP contribution in [0.5, 0.6) is 0 Å².